The van der Waals surface area contributed by atoms with Gasteiger partial charge in [-0.1, -0.05) is 46.4 Å². The van der Waals surface area contributed by atoms with Crippen LogP contribution in [0.3, 0.4) is 0 Å². The van der Waals surface area contributed by atoms with Crippen LogP contribution in [0.4, 0.5) is 0 Å². The minimum atomic E-state index is -1.32. The highest BCUT2D eigenvalue weighted by atomic mass is 16.6. The molecule has 0 rings (SSSR count). The molecular weight excluding hydrogens is 552 g/mol. The Balaban J connectivity index is 0. The van der Waals surface area contributed by atoms with Crippen LogP contribution in [0.5, 0.6) is 0 Å². The van der Waals surface area contributed by atoms with E-state index in [0.29, 0.717) is 12.8 Å². The molecule has 42 heavy (non-hydrogen) atoms. The summed E-state index contributed by atoms with van der Waals surface area (Å²) in [6, 6.07) is 0. The van der Waals surface area contributed by atoms with Gasteiger partial charge in [-0.25, -0.2) is 24.0 Å². The predicted molar refractivity (Wildman–Crippen MR) is 153 cm³/mol. The number of carbonyl (C=O) groups is 6. The summed E-state index contributed by atoms with van der Waals surface area (Å²) in [5.74, 6) is -4.06. The fourth-order valence-corrected chi connectivity index (χ4v) is 2.92. The lowest BCUT2D eigenvalue weighted by molar-refractivity contribution is -0.163. The van der Waals surface area contributed by atoms with E-state index in [1.165, 1.54) is 6.08 Å². The van der Waals surface area contributed by atoms with Crippen LogP contribution >= 0.6 is 0 Å². The second-order valence-electron chi connectivity index (χ2n) is 8.81. The maximum atomic E-state index is 11.9. The number of carboxylic acids is 1. The molecule has 0 aliphatic carbocycles. The number of ether oxygens (including phenoxy) is 5. The lowest BCUT2D eigenvalue weighted by atomic mass is 9.81. The molecule has 232 valence electrons. The Morgan fingerprint density at radius 2 is 0.905 bits per heavy atom. The second-order valence-corrected chi connectivity index (χ2v) is 8.81. The van der Waals surface area contributed by atoms with Crippen LogP contribution in [-0.2, 0) is 52.5 Å². The number of allylic oxidation sites excluding steroid dienone is 1. The minimum Gasteiger partial charge on any atom is -0.478 e. The molecule has 0 aromatic heterocycles. The molecule has 0 fully saturated rings. The van der Waals surface area contributed by atoms with Gasteiger partial charge in [-0.05, 0) is 18.9 Å². The van der Waals surface area contributed by atoms with Gasteiger partial charge in [0.25, 0.3) is 0 Å². The third-order valence-corrected chi connectivity index (χ3v) is 5.62. The fraction of sp³-hybridized carbons (Fsp3) is 0.400. The highest BCUT2D eigenvalue weighted by molar-refractivity contribution is 5.89. The standard InChI is InChI=1S/C27H36O10.C3H4O2/c1-7-21(28)13-14-26(12-6,17-34-22(29)8-2)15-33-16-27(18-35-23(30)9-3,19-36-24(31)10-4)20-37-25(32)11-5;1-2-3(4)5/h7-11H,1-5,12-20H2,6H3;2H,1H2,(H,4,5). The maximum Gasteiger partial charge on any atom is 0.330 e. The van der Waals surface area contributed by atoms with Gasteiger partial charge in [-0.3, -0.25) is 4.79 Å². The number of hydrogen-bond donors (Lipinski definition) is 1. The first kappa shape index (κ1) is 39.6. The van der Waals surface area contributed by atoms with Crippen LogP contribution in [0, 0.1) is 10.8 Å². The van der Waals surface area contributed by atoms with Crippen LogP contribution in [0.15, 0.2) is 75.9 Å². The van der Waals surface area contributed by atoms with Crippen LogP contribution in [0.1, 0.15) is 26.2 Å². The smallest absolute Gasteiger partial charge is 0.330 e. The number of carbonyl (C=O) groups excluding carboxylic acids is 5. The zero-order chi connectivity index (χ0) is 32.6. The van der Waals surface area contributed by atoms with Crippen LogP contribution in [0.2, 0.25) is 0 Å². The van der Waals surface area contributed by atoms with Gasteiger partial charge >= 0.3 is 29.8 Å². The van der Waals surface area contributed by atoms with Gasteiger partial charge in [-0.2, -0.15) is 0 Å². The van der Waals surface area contributed by atoms with Crippen molar-refractivity contribution in [2.45, 2.75) is 26.2 Å². The third kappa shape index (κ3) is 17.9. The zero-order valence-corrected chi connectivity index (χ0v) is 24.0. The number of esters is 4. The van der Waals surface area contributed by atoms with E-state index in [1.54, 1.807) is 0 Å². The summed E-state index contributed by atoms with van der Waals surface area (Å²) in [7, 11) is 0. The molecule has 1 N–H and O–H groups in total. The van der Waals surface area contributed by atoms with E-state index < -0.39 is 40.7 Å². The van der Waals surface area contributed by atoms with E-state index in [1.807, 2.05) is 6.92 Å². The summed E-state index contributed by atoms with van der Waals surface area (Å²) < 4.78 is 26.8. The van der Waals surface area contributed by atoms with E-state index in [2.05, 4.69) is 39.5 Å². The Morgan fingerprint density at radius 1 is 0.571 bits per heavy atom. The number of aliphatic carboxylic acids is 1. The molecule has 0 aliphatic heterocycles. The van der Waals surface area contributed by atoms with Gasteiger partial charge in [0.1, 0.15) is 19.8 Å². The van der Waals surface area contributed by atoms with Crippen molar-refractivity contribution in [2.75, 3.05) is 39.6 Å². The zero-order valence-electron chi connectivity index (χ0n) is 24.0. The number of hydrogen-bond acceptors (Lipinski definition) is 11. The summed E-state index contributed by atoms with van der Waals surface area (Å²) in [6.45, 7) is 20.3. The molecule has 12 nitrogen and oxygen atoms in total. The summed E-state index contributed by atoms with van der Waals surface area (Å²) in [5.41, 5.74) is -2.08. The topological polar surface area (TPSA) is 169 Å². The van der Waals surface area contributed by atoms with E-state index in [-0.39, 0.29) is 51.8 Å². The molecule has 0 saturated carbocycles. The van der Waals surface area contributed by atoms with Crippen molar-refractivity contribution in [2.24, 2.45) is 10.8 Å². The Labute approximate surface area is 246 Å². The van der Waals surface area contributed by atoms with Crippen molar-refractivity contribution in [1.29, 1.82) is 0 Å². The third-order valence-electron chi connectivity index (χ3n) is 5.62. The second kappa shape index (κ2) is 22.1. The first-order chi connectivity index (χ1) is 19.8. The lowest BCUT2D eigenvalue weighted by Crippen LogP contribution is -2.44. The Hall–Kier alpha value is -4.58. The van der Waals surface area contributed by atoms with Crippen LogP contribution < -0.4 is 0 Å². The van der Waals surface area contributed by atoms with Crippen LogP contribution in [-0.4, -0.2) is 80.4 Å². The molecular formula is C30H40O12. The molecule has 0 saturated heterocycles. The normalized spacial score (nSPS) is 11.5. The highest BCUT2D eigenvalue weighted by Crippen LogP contribution is 2.31. The average molecular weight is 593 g/mol. The Morgan fingerprint density at radius 3 is 1.19 bits per heavy atom. The summed E-state index contributed by atoms with van der Waals surface area (Å²) in [5, 5.41) is 7.60. The molecule has 0 bridgehead atoms. The molecule has 0 aliphatic rings. The van der Waals surface area contributed by atoms with E-state index >= 15 is 0 Å². The quantitative estimate of drug-likeness (QED) is 0.111. The molecule has 0 amide bonds. The van der Waals surface area contributed by atoms with Gasteiger partial charge in [0.15, 0.2) is 5.78 Å². The first-order valence-electron chi connectivity index (χ1n) is 12.6. The summed E-state index contributed by atoms with van der Waals surface area (Å²) in [6.07, 6.45) is 6.83. The van der Waals surface area contributed by atoms with Gasteiger partial charge in [0.05, 0.1) is 25.2 Å². The monoisotopic (exact) mass is 592 g/mol. The minimum absolute atomic E-state index is 0.000308. The van der Waals surface area contributed by atoms with E-state index in [4.69, 9.17) is 28.8 Å². The Kier molecular flexibility index (Phi) is 20.9. The predicted octanol–water partition coefficient (Wildman–Crippen LogP) is 3.09. The molecule has 12 heteroatoms. The largest absolute Gasteiger partial charge is 0.478 e. The van der Waals surface area contributed by atoms with Crippen LogP contribution in [0.25, 0.3) is 0 Å². The summed E-state index contributed by atoms with van der Waals surface area (Å²) >= 11 is 0. The van der Waals surface area contributed by atoms with E-state index in [0.717, 1.165) is 30.4 Å². The fourth-order valence-electron chi connectivity index (χ4n) is 2.92. The molecule has 0 spiro atoms. The first-order valence-corrected chi connectivity index (χ1v) is 12.6. The number of carboxylic acid groups (broad SMARTS) is 1. The van der Waals surface area contributed by atoms with Crippen molar-refractivity contribution in [3.8, 4) is 0 Å². The highest BCUT2D eigenvalue weighted by Gasteiger charge is 2.38. The van der Waals surface area contributed by atoms with Crippen molar-refractivity contribution in [3.05, 3.63) is 75.9 Å². The molecule has 0 aromatic rings. The molecule has 0 heterocycles. The van der Waals surface area contributed by atoms with Gasteiger partial charge in [0.2, 0.25) is 0 Å². The number of ketones is 1. The molecule has 0 radical (unpaired) electrons. The van der Waals surface area contributed by atoms with Gasteiger partial charge in [-0.15, -0.1) is 0 Å². The van der Waals surface area contributed by atoms with Crippen molar-refractivity contribution < 1.29 is 57.6 Å². The average Bonchev–Trinajstić information content (AvgIpc) is 3.01. The van der Waals surface area contributed by atoms with Crippen molar-refractivity contribution in [1.82, 2.24) is 0 Å². The SMILES string of the molecule is C=CC(=O)CCC(CC)(COCC(COC(=O)C=C)(COC(=O)C=C)COC(=O)C=C)COC(=O)C=C.C=CC(=O)O. The van der Waals surface area contributed by atoms with Gasteiger partial charge < -0.3 is 28.8 Å². The lowest BCUT2D eigenvalue weighted by Gasteiger charge is -2.35. The maximum absolute atomic E-state index is 11.9. The summed E-state index contributed by atoms with van der Waals surface area (Å²) in [4.78, 5) is 68.1. The molecule has 1 unspecified atom stereocenters. The number of rotatable bonds is 22. The van der Waals surface area contributed by atoms with Crippen molar-refractivity contribution >= 4 is 35.6 Å². The molecule has 1 atom stereocenters. The Bertz CT molecular complexity index is 924. The van der Waals surface area contributed by atoms with Gasteiger partial charge in [0, 0.05) is 42.2 Å². The van der Waals surface area contributed by atoms with E-state index in [9.17, 15) is 28.8 Å². The van der Waals surface area contributed by atoms with Crippen molar-refractivity contribution in [3.63, 3.8) is 0 Å². The molecule has 0 aromatic carbocycles.